The van der Waals surface area contributed by atoms with Gasteiger partial charge in [0.15, 0.2) is 14.6 Å². The van der Waals surface area contributed by atoms with Crippen molar-refractivity contribution in [3.8, 4) is 0 Å². The van der Waals surface area contributed by atoms with Crippen LogP contribution in [0.1, 0.15) is 17.3 Å². The number of hydrogen-bond donors (Lipinski definition) is 0. The highest BCUT2D eigenvalue weighted by Gasteiger charge is 2.15. The maximum absolute atomic E-state index is 12.8. The summed E-state index contributed by atoms with van der Waals surface area (Å²) < 4.78 is 30.7. The van der Waals surface area contributed by atoms with Gasteiger partial charge in [0.25, 0.3) is 5.91 Å². The van der Waals surface area contributed by atoms with Crippen LogP contribution in [0.2, 0.25) is 0 Å². The maximum atomic E-state index is 12.8. The fourth-order valence-electron chi connectivity index (χ4n) is 2.75. The molecule has 10 heteroatoms. The molecule has 0 radical (unpaired) electrons. The largest absolute Gasteiger partial charge is 0.468 e. The Morgan fingerprint density at radius 2 is 1.97 bits per heavy atom. The predicted octanol–water partition coefficient (Wildman–Crippen LogP) is 3.13. The second-order valence-corrected chi connectivity index (χ2v) is 10.7. The molecule has 0 bridgehead atoms. The lowest BCUT2D eigenvalue weighted by molar-refractivity contribution is -0.141. The molecule has 0 N–H and O–H groups in total. The summed E-state index contributed by atoms with van der Waals surface area (Å²) in [5.74, 6) is -0.0633. The summed E-state index contributed by atoms with van der Waals surface area (Å²) in [7, 11) is -2.12. The van der Waals surface area contributed by atoms with E-state index in [9.17, 15) is 18.0 Å². The topological polar surface area (TPSA) is 94.8 Å². The van der Waals surface area contributed by atoms with Crippen molar-refractivity contribution in [3.05, 3.63) is 52.8 Å². The van der Waals surface area contributed by atoms with Gasteiger partial charge >= 0.3 is 5.97 Å². The first-order valence-electron chi connectivity index (χ1n) is 8.95. The molecule has 0 aliphatic heterocycles. The zero-order valence-electron chi connectivity index (χ0n) is 16.6. The normalized spacial score (nSPS) is 12.3. The minimum atomic E-state index is -3.40. The number of benzene rings is 2. The summed E-state index contributed by atoms with van der Waals surface area (Å²) in [5, 5.41) is 0. The SMILES string of the molecule is CCSc1cccc(C(=O)N=c2sc3cc(S(C)(=O)=O)ccc3n2CC(=O)OC)c1. The van der Waals surface area contributed by atoms with E-state index in [0.29, 0.717) is 20.6 Å². The smallest absolute Gasteiger partial charge is 0.325 e. The van der Waals surface area contributed by atoms with E-state index in [4.69, 9.17) is 4.74 Å². The molecule has 1 amide bonds. The summed E-state index contributed by atoms with van der Waals surface area (Å²) in [6.45, 7) is 1.88. The van der Waals surface area contributed by atoms with Crippen LogP contribution < -0.4 is 4.80 Å². The van der Waals surface area contributed by atoms with Gasteiger partial charge in [-0.1, -0.05) is 24.3 Å². The van der Waals surface area contributed by atoms with Gasteiger partial charge in [-0.25, -0.2) is 8.42 Å². The number of fused-ring (bicyclic) bond motifs is 1. The standard InChI is InChI=1S/C20H20N2O5S3/c1-4-28-14-7-5-6-13(10-14)19(24)21-20-22(12-18(23)27-2)16-9-8-15(30(3,25)26)11-17(16)29-20/h5-11H,4,12H2,1-3H3. The average molecular weight is 465 g/mol. The number of carbonyl (C=O) groups is 2. The number of aromatic nitrogens is 1. The van der Waals surface area contributed by atoms with E-state index >= 15 is 0 Å². The van der Waals surface area contributed by atoms with E-state index in [1.807, 2.05) is 13.0 Å². The number of nitrogens with zero attached hydrogens (tertiary/aromatic N) is 2. The van der Waals surface area contributed by atoms with Crippen LogP contribution in [0.15, 0.2) is 57.2 Å². The molecule has 158 valence electrons. The Morgan fingerprint density at radius 3 is 2.63 bits per heavy atom. The Kier molecular flexibility index (Phi) is 6.79. The predicted molar refractivity (Wildman–Crippen MR) is 118 cm³/mol. The second kappa shape index (κ2) is 9.15. The quantitative estimate of drug-likeness (QED) is 0.411. The van der Waals surface area contributed by atoms with E-state index in [0.717, 1.165) is 28.2 Å². The van der Waals surface area contributed by atoms with Crippen molar-refractivity contribution < 1.29 is 22.7 Å². The van der Waals surface area contributed by atoms with Gasteiger partial charge in [0.05, 0.1) is 22.2 Å². The third kappa shape index (κ3) is 5.00. The molecule has 0 fully saturated rings. The Hall–Kier alpha value is -2.43. The Labute approximate surface area is 182 Å². The molecule has 0 saturated heterocycles. The van der Waals surface area contributed by atoms with Gasteiger partial charge in [-0.2, -0.15) is 4.99 Å². The number of hydrogen-bond acceptors (Lipinski definition) is 7. The molecule has 3 rings (SSSR count). The summed E-state index contributed by atoms with van der Waals surface area (Å²) >= 11 is 2.76. The van der Waals surface area contributed by atoms with E-state index in [-0.39, 0.29) is 11.4 Å². The van der Waals surface area contributed by atoms with Gasteiger partial charge in [-0.3, -0.25) is 9.59 Å². The monoisotopic (exact) mass is 464 g/mol. The molecule has 7 nitrogen and oxygen atoms in total. The molecule has 0 spiro atoms. The molecular formula is C20H20N2O5S3. The first-order valence-corrected chi connectivity index (χ1v) is 12.6. The van der Waals surface area contributed by atoms with Crippen molar-refractivity contribution >= 4 is 55.0 Å². The van der Waals surface area contributed by atoms with Crippen LogP contribution >= 0.6 is 23.1 Å². The molecule has 30 heavy (non-hydrogen) atoms. The summed E-state index contributed by atoms with van der Waals surface area (Å²) in [4.78, 5) is 30.3. The van der Waals surface area contributed by atoms with Crippen molar-refractivity contribution in [3.63, 3.8) is 0 Å². The zero-order valence-corrected chi connectivity index (χ0v) is 19.1. The Bertz CT molecular complexity index is 1290. The van der Waals surface area contributed by atoms with E-state index in [1.54, 1.807) is 40.6 Å². The third-order valence-corrected chi connectivity index (χ3v) is 7.21. The van der Waals surface area contributed by atoms with Crippen LogP contribution in [0.5, 0.6) is 0 Å². The van der Waals surface area contributed by atoms with Crippen molar-refractivity contribution in [1.82, 2.24) is 4.57 Å². The number of rotatable bonds is 6. The fraction of sp³-hybridized carbons (Fsp3) is 0.250. The molecule has 1 heterocycles. The van der Waals surface area contributed by atoms with Crippen molar-refractivity contribution in [2.45, 2.75) is 23.3 Å². The van der Waals surface area contributed by atoms with Crippen LogP contribution in [0, 0.1) is 0 Å². The Balaban J connectivity index is 2.14. The number of amides is 1. The van der Waals surface area contributed by atoms with Gasteiger partial charge in [-0.05, 0) is 42.2 Å². The minimum absolute atomic E-state index is 0.146. The minimum Gasteiger partial charge on any atom is -0.468 e. The van der Waals surface area contributed by atoms with Crippen LogP contribution in [-0.4, -0.2) is 44.0 Å². The van der Waals surface area contributed by atoms with Crippen molar-refractivity contribution in [2.24, 2.45) is 4.99 Å². The van der Waals surface area contributed by atoms with E-state index < -0.39 is 21.7 Å². The lowest BCUT2D eigenvalue weighted by atomic mass is 10.2. The van der Waals surface area contributed by atoms with E-state index in [2.05, 4.69) is 4.99 Å². The van der Waals surface area contributed by atoms with E-state index in [1.165, 1.54) is 19.2 Å². The zero-order chi connectivity index (χ0) is 21.9. The molecule has 2 aromatic carbocycles. The third-order valence-electron chi connectivity index (χ3n) is 4.19. The molecule has 3 aromatic rings. The number of thioether (sulfide) groups is 1. The Morgan fingerprint density at radius 1 is 1.20 bits per heavy atom. The number of sulfone groups is 1. The number of thiazole rings is 1. The van der Waals surface area contributed by atoms with Crippen LogP contribution in [0.25, 0.3) is 10.2 Å². The van der Waals surface area contributed by atoms with Gasteiger partial charge in [-0.15, -0.1) is 11.8 Å². The summed E-state index contributed by atoms with van der Waals surface area (Å²) in [6, 6.07) is 11.8. The van der Waals surface area contributed by atoms with Crippen molar-refractivity contribution in [2.75, 3.05) is 19.1 Å². The molecule has 1 aromatic heterocycles. The van der Waals surface area contributed by atoms with Crippen LogP contribution in [0.4, 0.5) is 0 Å². The number of methoxy groups -OCH3 is 1. The molecule has 0 unspecified atom stereocenters. The van der Waals surface area contributed by atoms with Crippen LogP contribution in [-0.2, 0) is 25.9 Å². The highest BCUT2D eigenvalue weighted by molar-refractivity contribution is 7.99. The highest BCUT2D eigenvalue weighted by Crippen LogP contribution is 2.23. The molecule has 0 saturated carbocycles. The van der Waals surface area contributed by atoms with Gasteiger partial charge in [0, 0.05) is 16.7 Å². The van der Waals surface area contributed by atoms with Crippen molar-refractivity contribution in [1.29, 1.82) is 0 Å². The number of esters is 1. The summed E-state index contributed by atoms with van der Waals surface area (Å²) in [5.41, 5.74) is 1.03. The van der Waals surface area contributed by atoms with Crippen LogP contribution in [0.3, 0.4) is 0 Å². The maximum Gasteiger partial charge on any atom is 0.325 e. The van der Waals surface area contributed by atoms with Gasteiger partial charge in [0.2, 0.25) is 0 Å². The molecule has 0 atom stereocenters. The van der Waals surface area contributed by atoms with Gasteiger partial charge < -0.3 is 9.30 Å². The first-order chi connectivity index (χ1) is 14.2. The lowest BCUT2D eigenvalue weighted by Gasteiger charge is -2.04. The molecular weight excluding hydrogens is 444 g/mol. The average Bonchev–Trinajstić information content (AvgIpc) is 3.04. The first kappa shape index (κ1) is 22.3. The van der Waals surface area contributed by atoms with Gasteiger partial charge in [0.1, 0.15) is 6.54 Å². The lowest BCUT2D eigenvalue weighted by Crippen LogP contribution is -2.22. The fourth-order valence-corrected chi connectivity index (χ4v) is 5.26. The number of carbonyl (C=O) groups excluding carboxylic acids is 2. The highest BCUT2D eigenvalue weighted by atomic mass is 32.2. The molecule has 0 aliphatic rings. The summed E-state index contributed by atoms with van der Waals surface area (Å²) in [6.07, 6.45) is 1.13. The second-order valence-electron chi connectivity index (χ2n) is 6.33. The number of ether oxygens (including phenoxy) is 1. The molecule has 0 aliphatic carbocycles.